The average Bonchev–Trinajstić information content (AvgIpc) is 2.25. The normalized spacial score (nSPS) is 39.0. The Balaban J connectivity index is 0.00000147. The molecule has 5 heteroatoms. The molecule has 4 rings (SSSR count). The Bertz CT molecular complexity index is 371. The highest BCUT2D eigenvalue weighted by Gasteiger charge is 2.58. The second-order valence-electron chi connectivity index (χ2n) is 6.80. The number of carboxylic acids is 1. The molecule has 4 aliphatic carbocycles. The van der Waals surface area contributed by atoms with Gasteiger partial charge in [-0.1, -0.05) is 0 Å². The first-order valence-electron chi connectivity index (χ1n) is 7.43. The Morgan fingerprint density at radius 3 is 1.95 bits per heavy atom. The molecular weight excluding hydrogens is 280 g/mol. The van der Waals surface area contributed by atoms with Gasteiger partial charge in [-0.2, -0.15) is 0 Å². The van der Waals surface area contributed by atoms with Crippen LogP contribution < -0.4 is 0 Å². The molecule has 4 bridgehead atoms. The SMILES string of the molecule is CCOC(=O)C(C(=O)O)C12CC3CC(CC(C3)C1)C2.Cl. The van der Waals surface area contributed by atoms with Crippen molar-refractivity contribution in [2.45, 2.75) is 45.4 Å². The van der Waals surface area contributed by atoms with Crippen LogP contribution in [-0.2, 0) is 14.3 Å². The van der Waals surface area contributed by atoms with Gasteiger partial charge in [0.2, 0.25) is 0 Å². The monoisotopic (exact) mass is 302 g/mol. The molecule has 4 aliphatic rings. The van der Waals surface area contributed by atoms with E-state index in [-0.39, 0.29) is 24.4 Å². The van der Waals surface area contributed by atoms with E-state index in [0.29, 0.717) is 17.8 Å². The van der Waals surface area contributed by atoms with Gasteiger partial charge >= 0.3 is 11.9 Å². The molecular formula is C15H23ClO4. The number of hydrogen-bond acceptors (Lipinski definition) is 3. The van der Waals surface area contributed by atoms with Gasteiger partial charge in [0.25, 0.3) is 0 Å². The molecule has 0 aromatic heterocycles. The zero-order valence-corrected chi connectivity index (χ0v) is 12.7. The number of halogens is 1. The summed E-state index contributed by atoms with van der Waals surface area (Å²) in [6, 6.07) is 0. The fourth-order valence-electron chi connectivity index (χ4n) is 5.37. The third kappa shape index (κ3) is 2.43. The molecule has 0 aliphatic heterocycles. The second-order valence-corrected chi connectivity index (χ2v) is 6.80. The lowest BCUT2D eigenvalue weighted by Crippen LogP contribution is -2.53. The van der Waals surface area contributed by atoms with Crippen molar-refractivity contribution in [2.75, 3.05) is 6.61 Å². The summed E-state index contributed by atoms with van der Waals surface area (Å²) in [5.41, 5.74) is -0.313. The largest absolute Gasteiger partial charge is 0.481 e. The predicted octanol–water partition coefficient (Wildman–Crippen LogP) is 2.89. The molecule has 1 atom stereocenters. The van der Waals surface area contributed by atoms with Crippen LogP contribution >= 0.6 is 12.4 Å². The number of carboxylic acid groups (broad SMARTS) is 1. The van der Waals surface area contributed by atoms with E-state index < -0.39 is 17.9 Å². The van der Waals surface area contributed by atoms with E-state index in [1.54, 1.807) is 6.92 Å². The number of carbonyl (C=O) groups is 2. The van der Waals surface area contributed by atoms with Crippen molar-refractivity contribution < 1.29 is 19.4 Å². The van der Waals surface area contributed by atoms with Crippen LogP contribution in [0.1, 0.15) is 45.4 Å². The second kappa shape index (κ2) is 5.55. The summed E-state index contributed by atoms with van der Waals surface area (Å²) in [6.45, 7) is 1.99. The van der Waals surface area contributed by atoms with Gasteiger partial charge < -0.3 is 9.84 Å². The van der Waals surface area contributed by atoms with E-state index in [9.17, 15) is 14.7 Å². The molecule has 4 fully saturated rings. The van der Waals surface area contributed by atoms with Crippen molar-refractivity contribution in [3.63, 3.8) is 0 Å². The van der Waals surface area contributed by atoms with Crippen LogP contribution in [0.25, 0.3) is 0 Å². The molecule has 0 saturated heterocycles. The van der Waals surface area contributed by atoms with E-state index >= 15 is 0 Å². The molecule has 20 heavy (non-hydrogen) atoms. The highest BCUT2D eigenvalue weighted by Crippen LogP contribution is 2.62. The Morgan fingerprint density at radius 2 is 1.60 bits per heavy atom. The van der Waals surface area contributed by atoms with E-state index in [2.05, 4.69) is 0 Å². The van der Waals surface area contributed by atoms with Gasteiger partial charge in [-0.15, -0.1) is 12.4 Å². The van der Waals surface area contributed by atoms with Crippen LogP contribution in [0.3, 0.4) is 0 Å². The molecule has 114 valence electrons. The first kappa shape index (κ1) is 15.6. The van der Waals surface area contributed by atoms with Gasteiger partial charge in [0.15, 0.2) is 5.92 Å². The lowest BCUT2D eigenvalue weighted by Gasteiger charge is -2.58. The summed E-state index contributed by atoms with van der Waals surface area (Å²) in [6.07, 6.45) is 6.47. The maximum absolute atomic E-state index is 12.1. The highest BCUT2D eigenvalue weighted by atomic mass is 35.5. The maximum Gasteiger partial charge on any atom is 0.320 e. The van der Waals surface area contributed by atoms with Crippen LogP contribution in [0.15, 0.2) is 0 Å². The summed E-state index contributed by atoms with van der Waals surface area (Å²) in [5, 5.41) is 9.53. The number of esters is 1. The van der Waals surface area contributed by atoms with Crippen LogP contribution in [0.4, 0.5) is 0 Å². The Labute approximate surface area is 125 Å². The van der Waals surface area contributed by atoms with Crippen molar-refractivity contribution in [3.05, 3.63) is 0 Å². The van der Waals surface area contributed by atoms with Gasteiger partial charge in [0.05, 0.1) is 6.61 Å². The molecule has 0 aromatic carbocycles. The number of hydrogen-bond donors (Lipinski definition) is 1. The third-order valence-corrected chi connectivity index (χ3v) is 5.47. The highest BCUT2D eigenvalue weighted by molar-refractivity contribution is 5.95. The van der Waals surface area contributed by atoms with Crippen LogP contribution in [0.5, 0.6) is 0 Å². The number of carbonyl (C=O) groups excluding carboxylic acids is 1. The molecule has 0 amide bonds. The Hall–Kier alpha value is -0.770. The summed E-state index contributed by atoms with van der Waals surface area (Å²) in [7, 11) is 0. The quantitative estimate of drug-likeness (QED) is 0.640. The predicted molar refractivity (Wildman–Crippen MR) is 75.6 cm³/mol. The summed E-state index contributed by atoms with van der Waals surface area (Å²) >= 11 is 0. The van der Waals surface area contributed by atoms with Crippen LogP contribution in [0.2, 0.25) is 0 Å². The first-order valence-corrected chi connectivity index (χ1v) is 7.43. The standard InChI is InChI=1S/C15H22O4.ClH/c1-2-19-14(18)12(13(16)17)15-6-9-3-10(7-15)5-11(4-9)8-15;/h9-12H,2-8H2,1H3,(H,16,17);1H. The zero-order chi connectivity index (χ0) is 13.6. The van der Waals surface area contributed by atoms with Crippen molar-refractivity contribution >= 4 is 24.3 Å². The minimum Gasteiger partial charge on any atom is -0.481 e. The van der Waals surface area contributed by atoms with Crippen molar-refractivity contribution in [2.24, 2.45) is 29.1 Å². The minimum absolute atomic E-state index is 0. The molecule has 0 aromatic rings. The maximum atomic E-state index is 12.1. The molecule has 4 nitrogen and oxygen atoms in total. The number of ether oxygens (including phenoxy) is 1. The summed E-state index contributed by atoms with van der Waals surface area (Å²) in [5.74, 6) is -0.522. The smallest absolute Gasteiger partial charge is 0.320 e. The van der Waals surface area contributed by atoms with E-state index in [1.807, 2.05) is 0 Å². The third-order valence-electron chi connectivity index (χ3n) is 5.47. The van der Waals surface area contributed by atoms with Crippen molar-refractivity contribution in [1.82, 2.24) is 0 Å². The van der Waals surface area contributed by atoms with Crippen molar-refractivity contribution in [3.8, 4) is 0 Å². The lowest BCUT2D eigenvalue weighted by molar-refractivity contribution is -0.176. The molecule has 0 heterocycles. The van der Waals surface area contributed by atoms with E-state index in [4.69, 9.17) is 4.74 Å². The Morgan fingerprint density at radius 1 is 1.15 bits per heavy atom. The molecule has 0 radical (unpaired) electrons. The topological polar surface area (TPSA) is 63.6 Å². The summed E-state index contributed by atoms with van der Waals surface area (Å²) in [4.78, 5) is 23.7. The zero-order valence-electron chi connectivity index (χ0n) is 11.8. The van der Waals surface area contributed by atoms with Gasteiger partial charge in [0.1, 0.15) is 0 Å². The summed E-state index contributed by atoms with van der Waals surface area (Å²) < 4.78 is 5.04. The van der Waals surface area contributed by atoms with Gasteiger partial charge in [0, 0.05) is 0 Å². The Kier molecular flexibility index (Phi) is 4.33. The van der Waals surface area contributed by atoms with Crippen molar-refractivity contribution in [1.29, 1.82) is 0 Å². The number of rotatable bonds is 4. The molecule has 1 unspecified atom stereocenters. The van der Waals surface area contributed by atoms with Gasteiger partial charge in [-0.25, -0.2) is 0 Å². The van der Waals surface area contributed by atoms with Gasteiger partial charge in [-0.05, 0) is 68.6 Å². The fraction of sp³-hybridized carbons (Fsp3) is 0.867. The van der Waals surface area contributed by atoms with Gasteiger partial charge in [-0.3, -0.25) is 9.59 Å². The van der Waals surface area contributed by atoms with E-state index in [1.165, 1.54) is 19.3 Å². The lowest BCUT2D eigenvalue weighted by atomic mass is 9.46. The molecule has 4 saturated carbocycles. The number of aliphatic carboxylic acids is 1. The molecule has 1 N–H and O–H groups in total. The molecule has 0 spiro atoms. The first-order chi connectivity index (χ1) is 9.04. The van der Waals surface area contributed by atoms with Crippen LogP contribution in [-0.4, -0.2) is 23.7 Å². The fourth-order valence-corrected chi connectivity index (χ4v) is 5.37. The average molecular weight is 303 g/mol. The van der Waals surface area contributed by atoms with E-state index in [0.717, 1.165) is 19.3 Å². The minimum atomic E-state index is -0.986. The van der Waals surface area contributed by atoms with Crippen LogP contribution in [0, 0.1) is 29.1 Å².